The van der Waals surface area contributed by atoms with Gasteiger partial charge in [0.2, 0.25) is 10.0 Å². The van der Waals surface area contributed by atoms with Crippen LogP contribution in [0.2, 0.25) is 0 Å². The lowest BCUT2D eigenvalue weighted by Gasteiger charge is -2.13. The van der Waals surface area contributed by atoms with Gasteiger partial charge >= 0.3 is 0 Å². The van der Waals surface area contributed by atoms with Crippen molar-refractivity contribution < 1.29 is 22.7 Å². The van der Waals surface area contributed by atoms with Gasteiger partial charge in [0, 0.05) is 18.2 Å². The van der Waals surface area contributed by atoms with E-state index in [9.17, 15) is 13.2 Å². The summed E-state index contributed by atoms with van der Waals surface area (Å²) < 4.78 is 38.4. The Morgan fingerprint density at radius 1 is 1.03 bits per heavy atom. The summed E-state index contributed by atoms with van der Waals surface area (Å²) in [6, 6.07) is 11.4. The van der Waals surface area contributed by atoms with Crippen LogP contribution in [0.25, 0.3) is 0 Å². The third kappa shape index (κ3) is 7.84. The predicted octanol–water partition coefficient (Wildman–Crippen LogP) is 4.27. The van der Waals surface area contributed by atoms with E-state index in [-0.39, 0.29) is 23.4 Å². The second-order valence-corrected chi connectivity index (χ2v) is 9.59. The summed E-state index contributed by atoms with van der Waals surface area (Å²) in [6.07, 6.45) is 4.45. The lowest BCUT2D eigenvalue weighted by atomic mass is 10.1. The molecule has 0 heterocycles. The van der Waals surface area contributed by atoms with Crippen LogP contribution >= 0.6 is 0 Å². The molecule has 0 spiro atoms. The Labute approximate surface area is 191 Å². The fourth-order valence-electron chi connectivity index (χ4n) is 3.12. The van der Waals surface area contributed by atoms with Crippen molar-refractivity contribution in [3.05, 3.63) is 53.6 Å². The average molecular weight is 463 g/mol. The number of rotatable bonds is 13. The summed E-state index contributed by atoms with van der Waals surface area (Å²) in [7, 11) is -2.05. The van der Waals surface area contributed by atoms with Gasteiger partial charge in [0.1, 0.15) is 0 Å². The maximum atomic E-state index is 12.6. The lowest BCUT2D eigenvalue weighted by molar-refractivity contribution is 0.0950. The number of sulfonamides is 1. The molecule has 2 rings (SSSR count). The fraction of sp³-hybridized carbons (Fsp3) is 0.458. The highest BCUT2D eigenvalue weighted by atomic mass is 32.2. The van der Waals surface area contributed by atoms with Gasteiger partial charge in [-0.05, 0) is 56.2 Å². The van der Waals surface area contributed by atoms with Crippen molar-refractivity contribution in [3.8, 4) is 11.5 Å². The van der Waals surface area contributed by atoms with Gasteiger partial charge in [-0.25, -0.2) is 13.1 Å². The van der Waals surface area contributed by atoms with E-state index in [0.29, 0.717) is 29.2 Å². The van der Waals surface area contributed by atoms with Crippen LogP contribution in [0.4, 0.5) is 0 Å². The lowest BCUT2D eigenvalue weighted by Crippen LogP contribution is -2.30. The third-order valence-electron chi connectivity index (χ3n) is 4.73. The molecule has 0 atom stereocenters. The van der Waals surface area contributed by atoms with Crippen molar-refractivity contribution in [2.75, 3.05) is 13.7 Å². The first-order valence-electron chi connectivity index (χ1n) is 11.0. The van der Waals surface area contributed by atoms with Crippen molar-refractivity contribution in [1.29, 1.82) is 0 Å². The fourth-order valence-corrected chi connectivity index (χ4v) is 4.45. The van der Waals surface area contributed by atoms with Gasteiger partial charge in [0.05, 0.1) is 18.6 Å². The highest BCUT2D eigenvalue weighted by Crippen LogP contribution is 2.28. The number of methoxy groups -OCH3 is 1. The third-order valence-corrected chi connectivity index (χ3v) is 6.39. The van der Waals surface area contributed by atoms with Crippen LogP contribution in [-0.2, 0) is 16.6 Å². The van der Waals surface area contributed by atoms with Crippen LogP contribution in [0.3, 0.4) is 0 Å². The van der Waals surface area contributed by atoms with Gasteiger partial charge in [-0.2, -0.15) is 0 Å². The van der Waals surface area contributed by atoms with Gasteiger partial charge in [0.15, 0.2) is 11.5 Å². The van der Waals surface area contributed by atoms with E-state index in [1.165, 1.54) is 26.0 Å². The molecule has 32 heavy (non-hydrogen) atoms. The average Bonchev–Trinajstić information content (AvgIpc) is 2.76. The molecule has 2 aromatic carbocycles. The normalized spacial score (nSPS) is 11.4. The quantitative estimate of drug-likeness (QED) is 0.434. The minimum atomic E-state index is -3.59. The zero-order valence-electron chi connectivity index (χ0n) is 19.3. The predicted molar refractivity (Wildman–Crippen MR) is 126 cm³/mol. The first kappa shape index (κ1) is 25.7. The van der Waals surface area contributed by atoms with Crippen LogP contribution in [0.15, 0.2) is 47.4 Å². The topological polar surface area (TPSA) is 93.7 Å². The second kappa shape index (κ2) is 12.5. The molecule has 2 aromatic rings. The molecule has 0 bridgehead atoms. The minimum Gasteiger partial charge on any atom is -0.493 e. The maximum absolute atomic E-state index is 12.6. The standard InChI is InChI=1S/C24H34N2O5S/c1-5-6-7-8-14-31-22-13-12-20(16-23(22)30-4)24(27)25-17-19-10-9-11-21(15-19)32(28,29)26-18(2)3/h9-13,15-16,18,26H,5-8,14,17H2,1-4H3,(H,25,27). The molecule has 0 aliphatic carbocycles. The minimum absolute atomic E-state index is 0.167. The molecular weight excluding hydrogens is 428 g/mol. The second-order valence-electron chi connectivity index (χ2n) is 7.88. The largest absolute Gasteiger partial charge is 0.493 e. The molecule has 0 saturated heterocycles. The Morgan fingerprint density at radius 3 is 2.50 bits per heavy atom. The first-order valence-corrected chi connectivity index (χ1v) is 12.5. The van der Waals surface area contributed by atoms with Crippen molar-refractivity contribution in [2.45, 2.75) is 63.9 Å². The highest BCUT2D eigenvalue weighted by Gasteiger charge is 2.16. The van der Waals surface area contributed by atoms with E-state index in [1.807, 2.05) is 0 Å². The first-order chi connectivity index (χ1) is 15.3. The van der Waals surface area contributed by atoms with E-state index in [4.69, 9.17) is 9.47 Å². The number of carbonyl (C=O) groups excluding carboxylic acids is 1. The zero-order chi connectivity index (χ0) is 23.6. The molecule has 1 amide bonds. The number of carbonyl (C=O) groups is 1. The van der Waals surface area contributed by atoms with Crippen LogP contribution < -0.4 is 19.5 Å². The Bertz CT molecular complexity index is 990. The molecule has 0 aliphatic rings. The van der Waals surface area contributed by atoms with Gasteiger partial charge in [-0.1, -0.05) is 38.3 Å². The van der Waals surface area contributed by atoms with Gasteiger partial charge in [0.25, 0.3) is 5.91 Å². The van der Waals surface area contributed by atoms with Crippen molar-refractivity contribution in [2.24, 2.45) is 0 Å². The van der Waals surface area contributed by atoms with E-state index in [0.717, 1.165) is 12.8 Å². The molecule has 0 fully saturated rings. The van der Waals surface area contributed by atoms with Crippen molar-refractivity contribution in [3.63, 3.8) is 0 Å². The summed E-state index contributed by atoms with van der Waals surface area (Å²) in [6.45, 7) is 6.49. The number of hydrogen-bond donors (Lipinski definition) is 2. The number of benzene rings is 2. The van der Waals surface area contributed by atoms with Gasteiger partial charge in [-0.15, -0.1) is 0 Å². The molecule has 0 aromatic heterocycles. The van der Waals surface area contributed by atoms with E-state index < -0.39 is 10.0 Å². The Morgan fingerprint density at radius 2 is 1.81 bits per heavy atom. The molecule has 8 heteroatoms. The molecule has 176 valence electrons. The Hall–Kier alpha value is -2.58. The maximum Gasteiger partial charge on any atom is 0.251 e. The number of amides is 1. The van der Waals surface area contributed by atoms with E-state index >= 15 is 0 Å². The zero-order valence-corrected chi connectivity index (χ0v) is 20.1. The highest BCUT2D eigenvalue weighted by molar-refractivity contribution is 7.89. The van der Waals surface area contributed by atoms with Crippen molar-refractivity contribution in [1.82, 2.24) is 10.0 Å². The van der Waals surface area contributed by atoms with Crippen LogP contribution in [0.1, 0.15) is 62.4 Å². The molecule has 0 unspecified atom stereocenters. The van der Waals surface area contributed by atoms with Crippen LogP contribution in [0, 0.1) is 0 Å². The summed E-state index contributed by atoms with van der Waals surface area (Å²) in [5.74, 6) is 0.823. The van der Waals surface area contributed by atoms with Gasteiger partial charge in [-0.3, -0.25) is 4.79 Å². The molecule has 7 nitrogen and oxygen atoms in total. The SMILES string of the molecule is CCCCCCOc1ccc(C(=O)NCc2cccc(S(=O)(=O)NC(C)C)c2)cc1OC. The number of unbranched alkanes of at least 4 members (excludes halogenated alkanes) is 3. The van der Waals surface area contributed by atoms with Crippen molar-refractivity contribution >= 4 is 15.9 Å². The summed E-state index contributed by atoms with van der Waals surface area (Å²) in [4.78, 5) is 12.8. The molecule has 0 radical (unpaired) electrons. The Balaban J connectivity index is 2.00. The monoisotopic (exact) mass is 462 g/mol. The molecule has 0 aliphatic heterocycles. The smallest absolute Gasteiger partial charge is 0.251 e. The number of nitrogens with one attached hydrogen (secondary N) is 2. The molecule has 2 N–H and O–H groups in total. The summed E-state index contributed by atoms with van der Waals surface area (Å²) in [5, 5.41) is 2.82. The van der Waals surface area contributed by atoms with E-state index in [2.05, 4.69) is 17.0 Å². The van der Waals surface area contributed by atoms with E-state index in [1.54, 1.807) is 50.2 Å². The van der Waals surface area contributed by atoms with Gasteiger partial charge < -0.3 is 14.8 Å². The van der Waals surface area contributed by atoms with Crippen LogP contribution in [-0.4, -0.2) is 34.1 Å². The molecule has 0 saturated carbocycles. The molecular formula is C24H34N2O5S. The van der Waals surface area contributed by atoms with Crippen LogP contribution in [0.5, 0.6) is 11.5 Å². The number of ether oxygens (including phenoxy) is 2. The summed E-state index contributed by atoms with van der Waals surface area (Å²) >= 11 is 0. The number of hydrogen-bond acceptors (Lipinski definition) is 5. The Kier molecular flexibility index (Phi) is 9.99. The summed E-state index contributed by atoms with van der Waals surface area (Å²) in [5.41, 5.74) is 1.12.